The normalized spacial score (nSPS) is 12.9. The average molecular weight is 335 g/mol. The highest BCUT2D eigenvalue weighted by Gasteiger charge is 2.03. The lowest BCUT2D eigenvalue weighted by Gasteiger charge is -2.11. The van der Waals surface area contributed by atoms with Gasteiger partial charge >= 0.3 is 0 Å². The number of nitrogens with zero attached hydrogens (tertiary/aromatic N) is 1. The van der Waals surface area contributed by atoms with Gasteiger partial charge in [-0.25, -0.2) is 0 Å². The monoisotopic (exact) mass is 335 g/mol. The Morgan fingerprint density at radius 2 is 2.00 bits per heavy atom. The van der Waals surface area contributed by atoms with E-state index in [2.05, 4.69) is 27.1 Å². The van der Waals surface area contributed by atoms with Gasteiger partial charge in [0.25, 0.3) is 0 Å². The first-order chi connectivity index (χ1) is 10.8. The molecule has 4 nitrogen and oxygen atoms in total. The van der Waals surface area contributed by atoms with E-state index in [1.807, 2.05) is 36.4 Å². The molecule has 0 bridgehead atoms. The van der Waals surface area contributed by atoms with Crippen molar-refractivity contribution in [2.45, 2.75) is 12.3 Å². The maximum atomic E-state index is 12.0. The summed E-state index contributed by atoms with van der Waals surface area (Å²) in [5.74, 6) is 1.95. The zero-order chi connectivity index (χ0) is 15.6. The lowest BCUT2D eigenvalue weighted by Crippen LogP contribution is -2.38. The van der Waals surface area contributed by atoms with Gasteiger partial charge in [0.05, 0.1) is 6.54 Å². The number of rotatable bonds is 7. The van der Waals surface area contributed by atoms with Gasteiger partial charge in [-0.3, -0.25) is 9.20 Å². The van der Waals surface area contributed by atoms with Gasteiger partial charge in [-0.15, -0.1) is 11.3 Å². The molecule has 6 heteroatoms. The predicted molar refractivity (Wildman–Crippen MR) is 95.7 cm³/mol. The Morgan fingerprint density at radius 3 is 2.68 bits per heavy atom. The third-order valence-electron chi connectivity index (χ3n) is 3.03. The second-order valence-electron chi connectivity index (χ2n) is 4.71. The van der Waals surface area contributed by atoms with Crippen LogP contribution in [-0.2, 0) is 23.1 Å². The number of hydrogen-bond donors (Lipinski definition) is 2. The SMILES string of the molecule is CN=C(NCCS(=O)Cc1ccccc1)NCc1cccs1. The molecule has 0 saturated heterocycles. The van der Waals surface area contributed by atoms with Gasteiger partial charge in [-0.1, -0.05) is 36.4 Å². The maximum absolute atomic E-state index is 12.0. The largest absolute Gasteiger partial charge is 0.355 e. The van der Waals surface area contributed by atoms with E-state index in [0.717, 1.165) is 18.1 Å². The van der Waals surface area contributed by atoms with Crippen LogP contribution in [0.1, 0.15) is 10.4 Å². The van der Waals surface area contributed by atoms with E-state index in [-0.39, 0.29) is 0 Å². The number of thiophene rings is 1. The van der Waals surface area contributed by atoms with E-state index in [1.54, 1.807) is 18.4 Å². The van der Waals surface area contributed by atoms with Crippen LogP contribution in [0.5, 0.6) is 0 Å². The summed E-state index contributed by atoms with van der Waals surface area (Å²) in [6.07, 6.45) is 0. The highest BCUT2D eigenvalue weighted by Crippen LogP contribution is 2.07. The van der Waals surface area contributed by atoms with Crippen molar-refractivity contribution in [2.24, 2.45) is 4.99 Å². The molecule has 1 aromatic carbocycles. The molecular weight excluding hydrogens is 314 g/mol. The Hall–Kier alpha value is -1.66. The fraction of sp³-hybridized carbons (Fsp3) is 0.312. The van der Waals surface area contributed by atoms with Gasteiger partial charge in [-0.05, 0) is 17.0 Å². The second-order valence-corrected chi connectivity index (χ2v) is 7.31. The summed E-state index contributed by atoms with van der Waals surface area (Å²) < 4.78 is 12.0. The van der Waals surface area contributed by atoms with Crippen LogP contribution in [-0.4, -0.2) is 29.5 Å². The van der Waals surface area contributed by atoms with Gasteiger partial charge in [0, 0.05) is 40.8 Å². The highest BCUT2D eigenvalue weighted by atomic mass is 32.2. The quantitative estimate of drug-likeness (QED) is 0.603. The second kappa shape index (κ2) is 9.38. The smallest absolute Gasteiger partial charge is 0.191 e. The van der Waals surface area contributed by atoms with Crippen LogP contribution >= 0.6 is 11.3 Å². The third-order valence-corrected chi connectivity index (χ3v) is 5.22. The molecule has 0 saturated carbocycles. The van der Waals surface area contributed by atoms with Crippen molar-refractivity contribution in [3.8, 4) is 0 Å². The minimum Gasteiger partial charge on any atom is -0.355 e. The summed E-state index contributed by atoms with van der Waals surface area (Å²) in [6, 6.07) is 14.0. The van der Waals surface area contributed by atoms with Gasteiger partial charge in [0.15, 0.2) is 5.96 Å². The summed E-state index contributed by atoms with van der Waals surface area (Å²) in [5, 5.41) is 8.50. The van der Waals surface area contributed by atoms with E-state index in [0.29, 0.717) is 18.1 Å². The third kappa shape index (κ3) is 5.99. The molecule has 0 aliphatic heterocycles. The highest BCUT2D eigenvalue weighted by molar-refractivity contribution is 7.84. The van der Waals surface area contributed by atoms with Crippen molar-refractivity contribution in [2.75, 3.05) is 19.3 Å². The molecule has 1 aromatic heterocycles. The Morgan fingerprint density at radius 1 is 1.18 bits per heavy atom. The molecule has 0 amide bonds. The molecule has 0 radical (unpaired) electrons. The lowest BCUT2D eigenvalue weighted by molar-refractivity contribution is 0.680. The number of guanidine groups is 1. The van der Waals surface area contributed by atoms with Crippen molar-refractivity contribution < 1.29 is 4.21 Å². The molecule has 2 N–H and O–H groups in total. The van der Waals surface area contributed by atoms with Gasteiger partial charge in [0.1, 0.15) is 0 Å². The Labute approximate surface area is 138 Å². The first-order valence-corrected chi connectivity index (χ1v) is 9.50. The van der Waals surface area contributed by atoms with Gasteiger partial charge in [0.2, 0.25) is 0 Å². The molecule has 1 unspecified atom stereocenters. The zero-order valence-electron chi connectivity index (χ0n) is 12.6. The molecule has 2 aromatic rings. The van der Waals surface area contributed by atoms with Crippen molar-refractivity contribution >= 4 is 28.1 Å². The van der Waals surface area contributed by atoms with Crippen LogP contribution in [0.15, 0.2) is 52.8 Å². The standard InChI is InChI=1S/C16H21N3OS2/c1-17-16(19-12-15-8-5-10-21-15)18-9-11-22(20)13-14-6-3-2-4-7-14/h2-8,10H,9,11-13H2,1H3,(H2,17,18,19). The molecule has 0 aliphatic rings. The van der Waals surface area contributed by atoms with Crippen LogP contribution < -0.4 is 10.6 Å². The maximum Gasteiger partial charge on any atom is 0.191 e. The van der Waals surface area contributed by atoms with Crippen LogP contribution in [0.2, 0.25) is 0 Å². The fourth-order valence-electron chi connectivity index (χ4n) is 1.92. The average Bonchev–Trinajstić information content (AvgIpc) is 3.05. The Kier molecular flexibility index (Phi) is 7.12. The molecule has 0 fully saturated rings. The first kappa shape index (κ1) is 16.7. The van der Waals surface area contributed by atoms with Crippen LogP contribution in [0, 0.1) is 0 Å². The van der Waals surface area contributed by atoms with Crippen LogP contribution in [0.4, 0.5) is 0 Å². The van der Waals surface area contributed by atoms with Crippen molar-refractivity contribution in [3.05, 3.63) is 58.3 Å². The topological polar surface area (TPSA) is 53.5 Å². The predicted octanol–water partition coefficient (Wildman–Crippen LogP) is 2.36. The molecule has 1 atom stereocenters. The van der Waals surface area contributed by atoms with Crippen LogP contribution in [0.3, 0.4) is 0 Å². The van der Waals surface area contributed by atoms with Crippen molar-refractivity contribution in [1.82, 2.24) is 10.6 Å². The van der Waals surface area contributed by atoms with E-state index in [4.69, 9.17) is 0 Å². The van der Waals surface area contributed by atoms with Crippen molar-refractivity contribution in [3.63, 3.8) is 0 Å². The molecule has 0 spiro atoms. The summed E-state index contributed by atoms with van der Waals surface area (Å²) >= 11 is 1.71. The molecule has 0 aliphatic carbocycles. The Balaban J connectivity index is 1.66. The summed E-state index contributed by atoms with van der Waals surface area (Å²) in [4.78, 5) is 5.43. The minimum absolute atomic E-state index is 0.601. The van der Waals surface area contributed by atoms with Gasteiger partial charge < -0.3 is 10.6 Å². The summed E-state index contributed by atoms with van der Waals surface area (Å²) in [7, 11) is 0.875. The first-order valence-electron chi connectivity index (χ1n) is 7.13. The summed E-state index contributed by atoms with van der Waals surface area (Å²) in [5.41, 5.74) is 1.11. The number of hydrogen-bond acceptors (Lipinski definition) is 3. The lowest BCUT2D eigenvalue weighted by atomic mass is 10.2. The van der Waals surface area contributed by atoms with Gasteiger partial charge in [-0.2, -0.15) is 0 Å². The minimum atomic E-state index is -0.866. The molecular formula is C16H21N3OS2. The van der Waals surface area contributed by atoms with Crippen molar-refractivity contribution in [1.29, 1.82) is 0 Å². The zero-order valence-corrected chi connectivity index (χ0v) is 14.3. The number of aliphatic imine (C=N–C) groups is 1. The van der Waals surface area contributed by atoms with E-state index in [9.17, 15) is 4.21 Å². The van der Waals surface area contributed by atoms with E-state index >= 15 is 0 Å². The molecule has 22 heavy (non-hydrogen) atoms. The summed E-state index contributed by atoms with van der Waals surface area (Å²) in [6.45, 7) is 1.40. The Bertz CT molecular complexity index is 597. The van der Waals surface area contributed by atoms with E-state index in [1.165, 1.54) is 4.88 Å². The molecule has 2 rings (SSSR count). The fourth-order valence-corrected chi connectivity index (χ4v) is 3.60. The van der Waals surface area contributed by atoms with Crippen LogP contribution in [0.25, 0.3) is 0 Å². The number of nitrogens with one attached hydrogen (secondary N) is 2. The number of benzene rings is 1. The molecule has 1 heterocycles. The van der Waals surface area contributed by atoms with E-state index < -0.39 is 10.8 Å². The molecule has 118 valence electrons.